The Bertz CT molecular complexity index is 194. The van der Waals surface area contributed by atoms with Crippen LogP contribution in [0.15, 0.2) is 0 Å². The van der Waals surface area contributed by atoms with Crippen LogP contribution in [0.3, 0.4) is 0 Å². The monoisotopic (exact) mass is 238 g/mol. The van der Waals surface area contributed by atoms with Gasteiger partial charge in [-0.3, -0.25) is 4.79 Å². The van der Waals surface area contributed by atoms with E-state index in [-0.39, 0.29) is 5.92 Å². The van der Waals surface area contributed by atoms with Crippen molar-refractivity contribution >= 4 is 46.8 Å². The van der Waals surface area contributed by atoms with Crippen LogP contribution in [0, 0.1) is 5.92 Å². The Morgan fingerprint density at radius 2 is 2.23 bits per heavy atom. The van der Waals surface area contributed by atoms with Crippen molar-refractivity contribution in [1.82, 2.24) is 0 Å². The van der Waals surface area contributed by atoms with Crippen molar-refractivity contribution in [2.45, 2.75) is 25.5 Å². The second kappa shape index (κ2) is 6.68. The number of aliphatic carboxylic acids is 1. The quantitative estimate of drug-likeness (QED) is 0.570. The summed E-state index contributed by atoms with van der Waals surface area (Å²) < 4.78 is 0.878. The molecule has 76 valence electrons. The van der Waals surface area contributed by atoms with Gasteiger partial charge in [-0.1, -0.05) is 26.1 Å². The third kappa shape index (κ3) is 5.54. The number of hydrogen-bond acceptors (Lipinski definition) is 4. The molecule has 0 aliphatic carbocycles. The normalized spacial score (nSPS) is 15.0. The first kappa shape index (κ1) is 13.3. The maximum absolute atomic E-state index is 10.5. The van der Waals surface area contributed by atoms with Gasteiger partial charge in [0.05, 0.1) is 9.45 Å². The minimum absolute atomic E-state index is 0.138. The first-order valence-corrected chi connectivity index (χ1v) is 5.97. The average molecular weight is 238 g/mol. The van der Waals surface area contributed by atoms with E-state index < -0.39 is 11.2 Å². The highest BCUT2D eigenvalue weighted by Crippen LogP contribution is 2.19. The molecule has 2 nitrogen and oxygen atoms in total. The van der Waals surface area contributed by atoms with Crippen molar-refractivity contribution in [2.24, 2.45) is 5.92 Å². The van der Waals surface area contributed by atoms with Crippen LogP contribution in [-0.2, 0) is 4.79 Å². The topological polar surface area (TPSA) is 37.3 Å². The average Bonchev–Trinajstić information content (AvgIpc) is 2.04. The molecule has 5 heteroatoms. The van der Waals surface area contributed by atoms with Crippen LogP contribution in [-0.4, -0.2) is 26.3 Å². The van der Waals surface area contributed by atoms with Crippen LogP contribution < -0.4 is 0 Å². The Labute approximate surface area is 93.9 Å². The van der Waals surface area contributed by atoms with Crippen molar-refractivity contribution in [3.05, 3.63) is 0 Å². The zero-order valence-corrected chi connectivity index (χ0v) is 10.2. The Balaban J connectivity index is 3.92. The molecular weight excluding hydrogens is 224 g/mol. The van der Waals surface area contributed by atoms with E-state index in [1.807, 2.05) is 13.8 Å². The van der Waals surface area contributed by atoms with Gasteiger partial charge >= 0.3 is 5.97 Å². The Kier molecular flexibility index (Phi) is 6.81. The summed E-state index contributed by atoms with van der Waals surface area (Å²) in [6, 6.07) is 0. The smallest absolute Gasteiger partial charge is 0.316 e. The molecule has 2 atom stereocenters. The van der Waals surface area contributed by atoms with Gasteiger partial charge in [-0.25, -0.2) is 0 Å². The molecule has 0 aromatic carbocycles. The van der Waals surface area contributed by atoms with Gasteiger partial charge in [-0.2, -0.15) is 12.6 Å². The van der Waals surface area contributed by atoms with Gasteiger partial charge in [0.25, 0.3) is 0 Å². The molecule has 0 rings (SSSR count). The highest BCUT2D eigenvalue weighted by atomic mass is 32.2. The van der Waals surface area contributed by atoms with Crippen molar-refractivity contribution in [1.29, 1.82) is 0 Å². The molecule has 0 saturated heterocycles. The molecule has 0 heterocycles. The van der Waals surface area contributed by atoms with Gasteiger partial charge < -0.3 is 5.11 Å². The molecule has 0 spiro atoms. The second-order valence-corrected chi connectivity index (χ2v) is 5.37. The van der Waals surface area contributed by atoms with Crippen molar-refractivity contribution < 1.29 is 9.90 Å². The van der Waals surface area contributed by atoms with Crippen LogP contribution >= 0.6 is 36.6 Å². The Morgan fingerprint density at radius 3 is 2.62 bits per heavy atom. The molecule has 0 aromatic rings. The highest BCUT2D eigenvalue weighted by molar-refractivity contribution is 8.23. The molecular formula is C8H14O2S3. The highest BCUT2D eigenvalue weighted by Gasteiger charge is 2.18. The van der Waals surface area contributed by atoms with Crippen LogP contribution in [0.1, 0.15) is 20.3 Å². The van der Waals surface area contributed by atoms with E-state index in [1.165, 1.54) is 0 Å². The van der Waals surface area contributed by atoms with E-state index in [1.54, 1.807) is 11.8 Å². The lowest BCUT2D eigenvalue weighted by molar-refractivity contribution is -0.136. The van der Waals surface area contributed by atoms with Gasteiger partial charge in [0.1, 0.15) is 0 Å². The third-order valence-corrected chi connectivity index (χ3v) is 3.71. The number of hydrogen-bond donors (Lipinski definition) is 2. The summed E-state index contributed by atoms with van der Waals surface area (Å²) in [5.41, 5.74) is 0. The standard InChI is InChI=1S/C8H14O2S3/c1-3-13-8(12)5(2)4-6(11)7(9)10/h5-6,11H,3-4H2,1-2H3,(H,9,10). The van der Waals surface area contributed by atoms with Gasteiger partial charge in [-0.15, -0.1) is 11.8 Å². The summed E-state index contributed by atoms with van der Waals surface area (Å²) in [5, 5.41) is 8.01. The predicted molar refractivity (Wildman–Crippen MR) is 64.9 cm³/mol. The predicted octanol–water partition coefficient (Wildman–Crippen LogP) is 2.48. The lowest BCUT2D eigenvalue weighted by atomic mass is 10.1. The molecule has 0 bridgehead atoms. The summed E-state index contributed by atoms with van der Waals surface area (Å²) in [7, 11) is 0. The number of thiocarbonyl (C=S) groups is 1. The first-order chi connectivity index (χ1) is 5.99. The molecule has 0 aromatic heterocycles. The van der Waals surface area contributed by atoms with Crippen LogP contribution in [0.4, 0.5) is 0 Å². The fraction of sp³-hybridized carbons (Fsp3) is 0.750. The number of carboxylic acid groups (broad SMARTS) is 1. The number of carbonyl (C=O) groups is 1. The van der Waals surface area contributed by atoms with E-state index in [0.717, 1.165) is 9.95 Å². The largest absolute Gasteiger partial charge is 0.480 e. The fourth-order valence-corrected chi connectivity index (χ4v) is 2.25. The maximum Gasteiger partial charge on any atom is 0.316 e. The van der Waals surface area contributed by atoms with Crippen LogP contribution in [0.2, 0.25) is 0 Å². The second-order valence-electron chi connectivity index (χ2n) is 2.74. The van der Waals surface area contributed by atoms with Crippen LogP contribution in [0.25, 0.3) is 0 Å². The van der Waals surface area contributed by atoms with Gasteiger partial charge in [0, 0.05) is 0 Å². The van der Waals surface area contributed by atoms with Gasteiger partial charge in [0.2, 0.25) is 0 Å². The Hall–Kier alpha value is 0.260. The Morgan fingerprint density at radius 1 is 1.69 bits per heavy atom. The zero-order valence-electron chi connectivity index (χ0n) is 7.69. The molecule has 0 saturated carbocycles. The minimum Gasteiger partial charge on any atom is -0.480 e. The van der Waals surface area contributed by atoms with Crippen molar-refractivity contribution in [2.75, 3.05) is 5.75 Å². The molecule has 0 amide bonds. The first-order valence-electron chi connectivity index (χ1n) is 4.06. The van der Waals surface area contributed by atoms with Crippen LogP contribution in [0.5, 0.6) is 0 Å². The molecule has 0 aliphatic rings. The molecule has 0 aliphatic heterocycles. The number of thioether (sulfide) groups is 1. The third-order valence-electron chi connectivity index (χ3n) is 1.55. The van der Waals surface area contributed by atoms with Gasteiger partial charge in [-0.05, 0) is 18.1 Å². The summed E-state index contributed by atoms with van der Waals surface area (Å²) in [6.07, 6.45) is 0.504. The molecule has 0 radical (unpaired) electrons. The molecule has 13 heavy (non-hydrogen) atoms. The number of rotatable bonds is 5. The van der Waals surface area contributed by atoms with E-state index in [4.69, 9.17) is 17.3 Å². The lowest BCUT2D eigenvalue weighted by Crippen LogP contribution is -2.19. The summed E-state index contributed by atoms with van der Waals surface area (Å²) >= 11 is 10.7. The zero-order chi connectivity index (χ0) is 10.4. The molecule has 1 N–H and O–H groups in total. The lowest BCUT2D eigenvalue weighted by Gasteiger charge is -2.13. The SMILES string of the molecule is CCSC(=S)C(C)CC(S)C(=O)O. The molecule has 0 fully saturated rings. The van der Waals surface area contributed by atoms with Gasteiger partial charge in [0.15, 0.2) is 0 Å². The van der Waals surface area contributed by atoms with E-state index in [2.05, 4.69) is 12.6 Å². The van der Waals surface area contributed by atoms with E-state index in [0.29, 0.717) is 6.42 Å². The molecule has 2 unspecified atom stereocenters. The minimum atomic E-state index is -0.875. The number of carboxylic acids is 1. The fourth-order valence-electron chi connectivity index (χ4n) is 0.816. The summed E-state index contributed by atoms with van der Waals surface area (Å²) in [5.74, 6) is 0.200. The maximum atomic E-state index is 10.5. The summed E-state index contributed by atoms with van der Waals surface area (Å²) in [6.45, 7) is 3.97. The van der Waals surface area contributed by atoms with E-state index >= 15 is 0 Å². The summed E-state index contributed by atoms with van der Waals surface area (Å²) in [4.78, 5) is 10.5. The van der Waals surface area contributed by atoms with Crippen molar-refractivity contribution in [3.63, 3.8) is 0 Å². The van der Waals surface area contributed by atoms with Crippen molar-refractivity contribution in [3.8, 4) is 0 Å². The van der Waals surface area contributed by atoms with E-state index in [9.17, 15) is 4.79 Å². The number of thiol groups is 1.